The van der Waals surface area contributed by atoms with Crippen LogP contribution in [0.15, 0.2) is 0 Å². The maximum Gasteiger partial charge on any atom is 0.472 e. The highest BCUT2D eigenvalue weighted by Gasteiger charge is 2.30. The van der Waals surface area contributed by atoms with Gasteiger partial charge in [0, 0.05) is 25.7 Å². The molecule has 3 unspecified atom stereocenters. The van der Waals surface area contributed by atoms with Gasteiger partial charge in [-0.05, 0) is 37.5 Å². The SMILES string of the molecule is CCCCCCCCCCCCCCCCCCCCC(=O)OC[C@H](COP(=O)(O)OC[C@@H](O)COP(=O)(O)OC[C@@H](COC(=O)CCCCCCCCC)OC(=O)CCCCCCCCCCCC(C)C)OC(=O)CCCCCCCCCCCCCCCCCCCCC(C)CC. The van der Waals surface area contributed by atoms with Crippen LogP contribution >= 0.6 is 15.6 Å². The summed E-state index contributed by atoms with van der Waals surface area (Å²) in [6.07, 6.45) is 61.3. The van der Waals surface area contributed by atoms with Crippen LogP contribution in [0, 0.1) is 11.8 Å². The summed E-state index contributed by atoms with van der Waals surface area (Å²) in [6.45, 7) is 9.62. The van der Waals surface area contributed by atoms with E-state index in [2.05, 4.69) is 41.5 Å². The van der Waals surface area contributed by atoms with E-state index in [-0.39, 0.29) is 25.7 Å². The molecule has 0 aliphatic heterocycles. The second-order valence-corrected chi connectivity index (χ2v) is 32.4. The molecular weight excluding hydrogens is 1290 g/mol. The number of rotatable bonds is 79. The van der Waals surface area contributed by atoms with E-state index in [1.807, 2.05) is 0 Å². The topological polar surface area (TPSA) is 237 Å². The number of carbonyl (C=O) groups is 4. The maximum atomic E-state index is 13.1. The highest BCUT2D eigenvalue weighted by Crippen LogP contribution is 2.45. The zero-order valence-corrected chi connectivity index (χ0v) is 66.6. The summed E-state index contributed by atoms with van der Waals surface area (Å²) in [6, 6.07) is 0. The van der Waals surface area contributed by atoms with Crippen LogP contribution in [0.4, 0.5) is 0 Å². The van der Waals surface area contributed by atoms with Gasteiger partial charge in [0.05, 0.1) is 26.4 Å². The summed E-state index contributed by atoms with van der Waals surface area (Å²) in [5, 5.41) is 10.6. The molecule has 6 atom stereocenters. The Morgan fingerprint density at radius 2 is 0.515 bits per heavy atom. The zero-order valence-electron chi connectivity index (χ0n) is 64.8. The molecule has 0 radical (unpaired) electrons. The molecule has 3 N–H and O–H groups in total. The Bertz CT molecular complexity index is 1910. The molecule has 0 saturated carbocycles. The van der Waals surface area contributed by atoms with Crippen LogP contribution in [0.2, 0.25) is 0 Å². The molecule has 0 amide bonds. The lowest BCUT2D eigenvalue weighted by atomic mass is 9.99. The lowest BCUT2D eigenvalue weighted by molar-refractivity contribution is -0.161. The van der Waals surface area contributed by atoms with E-state index in [4.69, 9.17) is 37.0 Å². The summed E-state index contributed by atoms with van der Waals surface area (Å²) >= 11 is 0. The summed E-state index contributed by atoms with van der Waals surface area (Å²) in [5.74, 6) is -0.509. The number of phosphoric ester groups is 2. The van der Waals surface area contributed by atoms with Gasteiger partial charge in [0.2, 0.25) is 0 Å². The van der Waals surface area contributed by atoms with Crippen LogP contribution in [-0.4, -0.2) is 96.7 Å². The van der Waals surface area contributed by atoms with Gasteiger partial charge in [-0.15, -0.1) is 0 Å². The van der Waals surface area contributed by atoms with Crippen molar-refractivity contribution in [2.75, 3.05) is 39.6 Å². The van der Waals surface area contributed by atoms with Crippen molar-refractivity contribution in [2.45, 2.75) is 439 Å². The van der Waals surface area contributed by atoms with Gasteiger partial charge in [0.1, 0.15) is 19.3 Å². The van der Waals surface area contributed by atoms with Crippen LogP contribution in [0.25, 0.3) is 0 Å². The molecule has 19 heteroatoms. The number of aliphatic hydroxyl groups is 1. The minimum atomic E-state index is -4.96. The molecule has 0 rings (SSSR count). The van der Waals surface area contributed by atoms with Gasteiger partial charge in [-0.3, -0.25) is 37.3 Å². The number of unbranched alkanes of at least 4 members (excludes halogenated alkanes) is 48. The van der Waals surface area contributed by atoms with Gasteiger partial charge >= 0.3 is 39.5 Å². The summed E-state index contributed by atoms with van der Waals surface area (Å²) < 4.78 is 68.5. The minimum Gasteiger partial charge on any atom is -0.462 e. The third-order valence-corrected chi connectivity index (χ3v) is 21.0. The minimum absolute atomic E-state index is 0.105. The second-order valence-electron chi connectivity index (χ2n) is 29.5. The van der Waals surface area contributed by atoms with Crippen LogP contribution in [0.5, 0.6) is 0 Å². The summed E-state index contributed by atoms with van der Waals surface area (Å²) in [7, 11) is -9.91. The predicted octanol–water partition coefficient (Wildman–Crippen LogP) is 23.9. The van der Waals surface area contributed by atoms with Crippen LogP contribution in [0.1, 0.15) is 420 Å². The highest BCUT2D eigenvalue weighted by atomic mass is 31.2. The average molecular weight is 1450 g/mol. The molecule has 0 aliphatic carbocycles. The Labute approximate surface area is 607 Å². The third-order valence-electron chi connectivity index (χ3n) is 19.1. The molecular formula is C80H156O17P2. The zero-order chi connectivity index (χ0) is 72.8. The van der Waals surface area contributed by atoms with E-state index in [0.29, 0.717) is 25.7 Å². The average Bonchev–Trinajstić information content (AvgIpc) is 0.970. The molecule has 0 aromatic heterocycles. The normalized spacial score (nSPS) is 14.2. The number of carbonyl (C=O) groups excluding carboxylic acids is 4. The molecule has 0 aliphatic rings. The lowest BCUT2D eigenvalue weighted by Crippen LogP contribution is -2.30. The van der Waals surface area contributed by atoms with Crippen molar-refractivity contribution in [3.05, 3.63) is 0 Å². The number of phosphoric acid groups is 2. The predicted molar refractivity (Wildman–Crippen MR) is 405 cm³/mol. The standard InChI is InChI=1S/C80H156O17P2/c1-7-10-12-14-16-17-18-19-20-21-25-28-31-34-39-45-51-57-63-78(83)91-69-76(97-79(84)64-58-52-46-40-35-32-29-26-23-22-24-27-30-33-38-44-49-55-61-73(6)9-3)71-95-99(88,89)93-67-74(81)66-92-98(86,87)94-70-75(68-90-77(82)62-56-50-42-15-13-11-8-2)96-80(85)65-59-53-47-41-36-37-43-48-54-60-72(4)5/h72-76,81H,7-71H2,1-6H3,(H,86,87)(H,88,89)/t73?,74-,75+,76+/m0/s1. The van der Waals surface area contributed by atoms with E-state index in [1.165, 1.54) is 225 Å². The fraction of sp³-hybridized carbons (Fsp3) is 0.950. The van der Waals surface area contributed by atoms with E-state index in [9.17, 15) is 43.2 Å². The van der Waals surface area contributed by atoms with Gasteiger partial charge < -0.3 is 33.8 Å². The van der Waals surface area contributed by atoms with Crippen molar-refractivity contribution in [3.8, 4) is 0 Å². The number of hydrogen-bond donors (Lipinski definition) is 3. The molecule has 99 heavy (non-hydrogen) atoms. The summed E-state index contributed by atoms with van der Waals surface area (Å²) in [5.41, 5.74) is 0. The van der Waals surface area contributed by atoms with Crippen molar-refractivity contribution >= 4 is 39.5 Å². The van der Waals surface area contributed by atoms with Crippen molar-refractivity contribution in [3.63, 3.8) is 0 Å². The second kappa shape index (κ2) is 71.7. The van der Waals surface area contributed by atoms with Crippen molar-refractivity contribution < 1.29 is 80.2 Å². The molecule has 0 spiro atoms. The number of esters is 4. The van der Waals surface area contributed by atoms with E-state index in [0.717, 1.165) is 115 Å². The highest BCUT2D eigenvalue weighted by molar-refractivity contribution is 7.47. The fourth-order valence-corrected chi connectivity index (χ4v) is 13.9. The Morgan fingerprint density at radius 3 is 0.768 bits per heavy atom. The van der Waals surface area contributed by atoms with E-state index >= 15 is 0 Å². The first-order valence-electron chi connectivity index (χ1n) is 41.5. The molecule has 0 aromatic carbocycles. The first kappa shape index (κ1) is 97.1. The number of aliphatic hydroxyl groups excluding tert-OH is 1. The van der Waals surface area contributed by atoms with Crippen molar-refractivity contribution in [2.24, 2.45) is 11.8 Å². The van der Waals surface area contributed by atoms with Crippen LogP contribution in [0.3, 0.4) is 0 Å². The number of hydrogen-bond acceptors (Lipinski definition) is 15. The quantitative estimate of drug-likeness (QED) is 0.0222. The Balaban J connectivity index is 5.16. The monoisotopic (exact) mass is 1450 g/mol. The van der Waals surface area contributed by atoms with Crippen molar-refractivity contribution in [1.82, 2.24) is 0 Å². The first-order chi connectivity index (χ1) is 47.9. The van der Waals surface area contributed by atoms with Gasteiger partial charge in [-0.25, -0.2) is 9.13 Å². The van der Waals surface area contributed by atoms with Gasteiger partial charge in [-0.1, -0.05) is 369 Å². The lowest BCUT2D eigenvalue weighted by Gasteiger charge is -2.21. The fourth-order valence-electron chi connectivity index (χ4n) is 12.3. The molecule has 0 heterocycles. The maximum absolute atomic E-state index is 13.1. The molecule has 0 bridgehead atoms. The van der Waals surface area contributed by atoms with E-state index in [1.54, 1.807) is 0 Å². The van der Waals surface area contributed by atoms with Crippen molar-refractivity contribution in [1.29, 1.82) is 0 Å². The Hall–Kier alpha value is -1.94. The van der Waals surface area contributed by atoms with E-state index < -0.39 is 97.5 Å². The molecule has 588 valence electrons. The Kier molecular flexibility index (Phi) is 70.3. The first-order valence-corrected chi connectivity index (χ1v) is 44.5. The molecule has 0 fully saturated rings. The number of ether oxygens (including phenoxy) is 4. The smallest absolute Gasteiger partial charge is 0.462 e. The third kappa shape index (κ3) is 72.8. The molecule has 17 nitrogen and oxygen atoms in total. The van der Waals surface area contributed by atoms with Crippen LogP contribution < -0.4 is 0 Å². The largest absolute Gasteiger partial charge is 0.472 e. The Morgan fingerprint density at radius 1 is 0.293 bits per heavy atom. The summed E-state index contributed by atoms with van der Waals surface area (Å²) in [4.78, 5) is 72.8. The van der Waals surface area contributed by atoms with Gasteiger partial charge in [0.15, 0.2) is 12.2 Å². The molecule has 0 saturated heterocycles. The van der Waals surface area contributed by atoms with Crippen LogP contribution in [-0.2, 0) is 65.4 Å². The molecule has 0 aromatic rings. The van der Waals surface area contributed by atoms with Gasteiger partial charge in [-0.2, -0.15) is 0 Å². The van der Waals surface area contributed by atoms with Gasteiger partial charge in [0.25, 0.3) is 0 Å².